The molecule has 1 saturated heterocycles. The number of benzene rings is 1. The first kappa shape index (κ1) is 14.6. The van der Waals surface area contributed by atoms with Crippen LogP contribution in [0.4, 0.5) is 0 Å². The van der Waals surface area contributed by atoms with Crippen LogP contribution in [0.1, 0.15) is 16.8 Å². The van der Waals surface area contributed by atoms with Crippen LogP contribution in [0.5, 0.6) is 5.75 Å². The van der Waals surface area contributed by atoms with Crippen molar-refractivity contribution in [3.05, 3.63) is 42.0 Å². The lowest BCUT2D eigenvalue weighted by Gasteiger charge is -2.35. The zero-order valence-corrected chi connectivity index (χ0v) is 12.7. The SMILES string of the molecule is C=C1CC1C(=O)N1CCN(C(=O)c2cccc(OC)c2)CC1. The van der Waals surface area contributed by atoms with E-state index in [1.807, 2.05) is 17.0 Å². The zero-order valence-electron chi connectivity index (χ0n) is 12.7. The van der Waals surface area contributed by atoms with Crippen LogP contribution in [0.2, 0.25) is 0 Å². The van der Waals surface area contributed by atoms with E-state index in [2.05, 4.69) is 6.58 Å². The molecule has 2 aliphatic rings. The Labute approximate surface area is 130 Å². The summed E-state index contributed by atoms with van der Waals surface area (Å²) in [6.07, 6.45) is 0.821. The highest BCUT2D eigenvalue weighted by Crippen LogP contribution is 2.37. The van der Waals surface area contributed by atoms with Crippen molar-refractivity contribution < 1.29 is 14.3 Å². The van der Waals surface area contributed by atoms with Crippen molar-refractivity contribution in [1.29, 1.82) is 0 Å². The topological polar surface area (TPSA) is 49.9 Å². The van der Waals surface area contributed by atoms with E-state index in [1.54, 1.807) is 24.1 Å². The number of amides is 2. The van der Waals surface area contributed by atoms with Crippen LogP contribution >= 0.6 is 0 Å². The molecule has 0 bridgehead atoms. The first-order valence-electron chi connectivity index (χ1n) is 7.50. The molecule has 0 N–H and O–H groups in total. The fourth-order valence-corrected chi connectivity index (χ4v) is 2.75. The van der Waals surface area contributed by atoms with Crippen molar-refractivity contribution in [2.75, 3.05) is 33.3 Å². The van der Waals surface area contributed by atoms with Crippen LogP contribution in [-0.4, -0.2) is 54.9 Å². The molecule has 5 heteroatoms. The predicted molar refractivity (Wildman–Crippen MR) is 82.7 cm³/mol. The van der Waals surface area contributed by atoms with Gasteiger partial charge in [0.15, 0.2) is 0 Å². The third kappa shape index (κ3) is 2.84. The molecule has 1 aromatic rings. The minimum Gasteiger partial charge on any atom is -0.497 e. The molecule has 3 rings (SSSR count). The van der Waals surface area contributed by atoms with E-state index in [0.29, 0.717) is 37.5 Å². The van der Waals surface area contributed by atoms with Gasteiger partial charge >= 0.3 is 0 Å². The molecule has 1 heterocycles. The van der Waals surface area contributed by atoms with Crippen molar-refractivity contribution in [3.63, 3.8) is 0 Å². The maximum Gasteiger partial charge on any atom is 0.254 e. The molecular weight excluding hydrogens is 280 g/mol. The van der Waals surface area contributed by atoms with Crippen LogP contribution in [0, 0.1) is 5.92 Å². The molecule has 0 aromatic heterocycles. The smallest absolute Gasteiger partial charge is 0.254 e. The van der Waals surface area contributed by atoms with Gasteiger partial charge in [0, 0.05) is 31.7 Å². The van der Waals surface area contributed by atoms with Gasteiger partial charge in [-0.3, -0.25) is 9.59 Å². The van der Waals surface area contributed by atoms with Gasteiger partial charge in [0.1, 0.15) is 5.75 Å². The lowest BCUT2D eigenvalue weighted by atomic mass is 10.1. The first-order valence-corrected chi connectivity index (χ1v) is 7.50. The molecule has 2 amide bonds. The Balaban J connectivity index is 1.59. The summed E-state index contributed by atoms with van der Waals surface area (Å²) in [7, 11) is 1.58. The number of ether oxygens (including phenoxy) is 1. The standard InChI is InChI=1S/C17H20N2O3/c1-12-10-15(12)17(21)19-8-6-18(7-9-19)16(20)13-4-3-5-14(11-13)22-2/h3-5,11,15H,1,6-10H2,2H3. The highest BCUT2D eigenvalue weighted by atomic mass is 16.5. The number of rotatable bonds is 3. The van der Waals surface area contributed by atoms with E-state index in [4.69, 9.17) is 4.74 Å². The Morgan fingerprint density at radius 1 is 1.18 bits per heavy atom. The maximum atomic E-state index is 12.5. The van der Waals surface area contributed by atoms with E-state index >= 15 is 0 Å². The van der Waals surface area contributed by atoms with E-state index < -0.39 is 0 Å². The van der Waals surface area contributed by atoms with E-state index in [0.717, 1.165) is 12.0 Å². The molecule has 1 saturated carbocycles. The van der Waals surface area contributed by atoms with Gasteiger partial charge in [-0.2, -0.15) is 0 Å². The molecule has 116 valence electrons. The van der Waals surface area contributed by atoms with Gasteiger partial charge < -0.3 is 14.5 Å². The Morgan fingerprint density at radius 3 is 2.41 bits per heavy atom. The summed E-state index contributed by atoms with van der Waals surface area (Å²) < 4.78 is 5.15. The monoisotopic (exact) mass is 300 g/mol. The van der Waals surface area contributed by atoms with Gasteiger partial charge in [0.25, 0.3) is 5.91 Å². The maximum absolute atomic E-state index is 12.5. The minimum absolute atomic E-state index is 0.0122. The second-order valence-electron chi connectivity index (χ2n) is 5.76. The fourth-order valence-electron chi connectivity index (χ4n) is 2.75. The summed E-state index contributed by atoms with van der Waals surface area (Å²) in [5.41, 5.74) is 1.65. The van der Waals surface area contributed by atoms with Crippen LogP contribution in [0.25, 0.3) is 0 Å². The van der Waals surface area contributed by atoms with Crippen LogP contribution in [0.3, 0.4) is 0 Å². The molecule has 1 unspecified atom stereocenters. The predicted octanol–water partition coefficient (Wildman–Crippen LogP) is 1.56. The van der Waals surface area contributed by atoms with Crippen molar-refractivity contribution in [1.82, 2.24) is 9.80 Å². The summed E-state index contributed by atoms with van der Waals surface area (Å²) in [6, 6.07) is 7.16. The third-order valence-electron chi connectivity index (χ3n) is 4.29. The number of hydrogen-bond donors (Lipinski definition) is 0. The Bertz CT molecular complexity index is 618. The molecule has 0 spiro atoms. The van der Waals surface area contributed by atoms with Crippen LogP contribution in [-0.2, 0) is 4.79 Å². The molecule has 1 atom stereocenters. The fraction of sp³-hybridized carbons (Fsp3) is 0.412. The Kier molecular flexibility index (Phi) is 3.88. The quantitative estimate of drug-likeness (QED) is 0.796. The van der Waals surface area contributed by atoms with Crippen LogP contribution in [0.15, 0.2) is 36.4 Å². The molecule has 5 nitrogen and oxygen atoms in total. The second-order valence-corrected chi connectivity index (χ2v) is 5.76. The molecule has 1 aromatic carbocycles. The van der Waals surface area contributed by atoms with Gasteiger partial charge in [0.2, 0.25) is 5.91 Å². The number of piperazine rings is 1. The van der Waals surface area contributed by atoms with Crippen molar-refractivity contribution in [2.45, 2.75) is 6.42 Å². The molecule has 22 heavy (non-hydrogen) atoms. The number of carbonyl (C=O) groups is 2. The Morgan fingerprint density at radius 2 is 1.82 bits per heavy atom. The van der Waals surface area contributed by atoms with Gasteiger partial charge in [-0.1, -0.05) is 18.2 Å². The largest absolute Gasteiger partial charge is 0.497 e. The summed E-state index contributed by atoms with van der Waals surface area (Å²) >= 11 is 0. The highest BCUT2D eigenvalue weighted by Gasteiger charge is 2.38. The van der Waals surface area contributed by atoms with Crippen molar-refractivity contribution in [2.24, 2.45) is 5.92 Å². The number of nitrogens with zero attached hydrogens (tertiary/aromatic N) is 2. The van der Waals surface area contributed by atoms with Gasteiger partial charge in [-0.05, 0) is 24.6 Å². The van der Waals surface area contributed by atoms with Crippen molar-refractivity contribution >= 4 is 11.8 Å². The van der Waals surface area contributed by atoms with E-state index in [9.17, 15) is 9.59 Å². The Hall–Kier alpha value is -2.30. The average Bonchev–Trinajstić information content (AvgIpc) is 3.30. The number of carbonyl (C=O) groups excluding carboxylic acids is 2. The lowest BCUT2D eigenvalue weighted by Crippen LogP contribution is -2.51. The molecule has 1 aliphatic carbocycles. The third-order valence-corrected chi connectivity index (χ3v) is 4.29. The summed E-state index contributed by atoms with van der Waals surface area (Å²) in [5, 5.41) is 0. The molecule has 0 radical (unpaired) electrons. The summed E-state index contributed by atoms with van der Waals surface area (Å²) in [4.78, 5) is 28.3. The second kappa shape index (κ2) is 5.83. The molecular formula is C17H20N2O3. The summed E-state index contributed by atoms with van der Waals surface area (Å²) in [6.45, 7) is 6.17. The lowest BCUT2D eigenvalue weighted by molar-refractivity contribution is -0.133. The number of methoxy groups -OCH3 is 1. The summed E-state index contributed by atoms with van der Waals surface area (Å²) in [5.74, 6) is 0.854. The molecule has 1 aliphatic heterocycles. The molecule has 2 fully saturated rings. The highest BCUT2D eigenvalue weighted by molar-refractivity contribution is 5.95. The van der Waals surface area contributed by atoms with E-state index in [-0.39, 0.29) is 17.7 Å². The van der Waals surface area contributed by atoms with Crippen LogP contribution < -0.4 is 4.74 Å². The van der Waals surface area contributed by atoms with E-state index in [1.165, 1.54) is 0 Å². The minimum atomic E-state index is -0.0122. The number of hydrogen-bond acceptors (Lipinski definition) is 3. The normalized spacial score (nSPS) is 20.8. The zero-order chi connectivity index (χ0) is 15.7. The van der Waals surface area contributed by atoms with Crippen molar-refractivity contribution in [3.8, 4) is 5.75 Å². The van der Waals surface area contributed by atoms with Gasteiger partial charge in [0.05, 0.1) is 13.0 Å². The van der Waals surface area contributed by atoms with Gasteiger partial charge in [-0.15, -0.1) is 0 Å². The first-order chi connectivity index (χ1) is 10.6. The average molecular weight is 300 g/mol. The van der Waals surface area contributed by atoms with Gasteiger partial charge in [-0.25, -0.2) is 0 Å².